The Kier molecular flexibility index (Phi) is 5.99. The summed E-state index contributed by atoms with van der Waals surface area (Å²) in [6, 6.07) is 13.2. The summed E-state index contributed by atoms with van der Waals surface area (Å²) in [6.45, 7) is 4.80. The number of hydrogen-bond donors (Lipinski definition) is 0. The number of carbonyl (C=O) groups is 1. The highest BCUT2D eigenvalue weighted by atomic mass is 16.5. The van der Waals surface area contributed by atoms with Crippen LogP contribution in [-0.4, -0.2) is 24.3 Å². The fourth-order valence-electron chi connectivity index (χ4n) is 3.02. The number of pyridine rings is 1. The molecule has 1 heterocycles. The second kappa shape index (κ2) is 8.61. The lowest BCUT2D eigenvalue weighted by Crippen LogP contribution is -2.21. The van der Waals surface area contributed by atoms with Crippen LogP contribution < -0.4 is 14.9 Å². The lowest BCUT2D eigenvalue weighted by atomic mass is 10.1. The van der Waals surface area contributed by atoms with Crippen LogP contribution in [0.25, 0.3) is 10.9 Å². The standard InChI is InChI=1S/C22H23NO5/c1-4-23-13-17(22(25)27-5-2)21(24)16-11-19(26-3)20(12-18(16)23)28-14-15-9-7-6-8-10-15/h6-13H,4-5,14H2,1-3H3. The molecule has 0 fully saturated rings. The third-order valence-electron chi connectivity index (χ3n) is 4.44. The van der Waals surface area contributed by atoms with Crippen LogP contribution in [-0.2, 0) is 17.9 Å². The van der Waals surface area contributed by atoms with Gasteiger partial charge in [-0.05, 0) is 25.5 Å². The van der Waals surface area contributed by atoms with Crippen LogP contribution in [0.4, 0.5) is 0 Å². The molecule has 0 bridgehead atoms. The molecule has 2 aromatic carbocycles. The first-order valence-electron chi connectivity index (χ1n) is 9.18. The van der Waals surface area contributed by atoms with Crippen molar-refractivity contribution in [1.82, 2.24) is 4.57 Å². The second-order valence-electron chi connectivity index (χ2n) is 6.17. The fourth-order valence-corrected chi connectivity index (χ4v) is 3.02. The molecule has 0 radical (unpaired) electrons. The van der Waals surface area contributed by atoms with Crippen molar-refractivity contribution < 1.29 is 19.0 Å². The molecule has 3 rings (SSSR count). The normalized spacial score (nSPS) is 10.7. The van der Waals surface area contributed by atoms with Gasteiger partial charge in [-0.2, -0.15) is 0 Å². The quantitative estimate of drug-likeness (QED) is 0.583. The molecule has 0 N–H and O–H groups in total. The Morgan fingerprint density at radius 3 is 2.46 bits per heavy atom. The van der Waals surface area contributed by atoms with Gasteiger partial charge in [0.2, 0.25) is 5.43 Å². The largest absolute Gasteiger partial charge is 0.493 e. The summed E-state index contributed by atoms with van der Waals surface area (Å²) in [5, 5.41) is 0.385. The first-order chi connectivity index (χ1) is 13.6. The third kappa shape index (κ3) is 3.86. The van der Waals surface area contributed by atoms with Crippen molar-refractivity contribution in [1.29, 1.82) is 0 Å². The number of nitrogens with zero attached hydrogens (tertiary/aromatic N) is 1. The molecule has 28 heavy (non-hydrogen) atoms. The molecule has 1 aromatic heterocycles. The van der Waals surface area contributed by atoms with Crippen LogP contribution in [0.3, 0.4) is 0 Å². The van der Waals surface area contributed by atoms with Crippen molar-refractivity contribution in [2.45, 2.75) is 27.0 Å². The maximum absolute atomic E-state index is 12.9. The molecular formula is C22H23NO5. The van der Waals surface area contributed by atoms with E-state index >= 15 is 0 Å². The molecule has 0 saturated carbocycles. The molecule has 0 unspecified atom stereocenters. The zero-order valence-corrected chi connectivity index (χ0v) is 16.2. The molecule has 0 saturated heterocycles. The number of fused-ring (bicyclic) bond motifs is 1. The van der Waals surface area contributed by atoms with E-state index in [1.165, 1.54) is 13.3 Å². The van der Waals surface area contributed by atoms with Crippen molar-refractivity contribution in [3.63, 3.8) is 0 Å². The molecule has 0 aliphatic heterocycles. The number of ether oxygens (including phenoxy) is 3. The maximum Gasteiger partial charge on any atom is 0.343 e. The number of hydrogen-bond acceptors (Lipinski definition) is 5. The molecule has 146 valence electrons. The van der Waals surface area contributed by atoms with Crippen LogP contribution in [0.15, 0.2) is 53.5 Å². The number of rotatable bonds is 7. The number of benzene rings is 2. The zero-order valence-electron chi connectivity index (χ0n) is 16.2. The van der Waals surface area contributed by atoms with E-state index in [1.807, 2.05) is 41.8 Å². The van der Waals surface area contributed by atoms with E-state index in [4.69, 9.17) is 14.2 Å². The number of aryl methyl sites for hydroxylation is 1. The highest BCUT2D eigenvalue weighted by Crippen LogP contribution is 2.32. The average Bonchev–Trinajstić information content (AvgIpc) is 2.73. The SMILES string of the molecule is CCOC(=O)c1cn(CC)c2cc(OCc3ccccc3)c(OC)cc2c1=O. The van der Waals surface area contributed by atoms with Gasteiger partial charge >= 0.3 is 5.97 Å². The van der Waals surface area contributed by atoms with Gasteiger partial charge in [0, 0.05) is 18.8 Å². The topological polar surface area (TPSA) is 66.8 Å². The molecule has 0 amide bonds. The summed E-state index contributed by atoms with van der Waals surface area (Å²) in [5.74, 6) is 0.341. The Morgan fingerprint density at radius 2 is 1.82 bits per heavy atom. The summed E-state index contributed by atoms with van der Waals surface area (Å²) >= 11 is 0. The van der Waals surface area contributed by atoms with E-state index in [1.54, 1.807) is 19.1 Å². The van der Waals surface area contributed by atoms with Crippen molar-refractivity contribution in [3.8, 4) is 11.5 Å². The minimum absolute atomic E-state index is 0.0104. The smallest absolute Gasteiger partial charge is 0.343 e. The molecule has 6 nitrogen and oxygen atoms in total. The lowest BCUT2D eigenvalue weighted by Gasteiger charge is -2.16. The van der Waals surface area contributed by atoms with Gasteiger partial charge in [-0.15, -0.1) is 0 Å². The third-order valence-corrected chi connectivity index (χ3v) is 4.44. The van der Waals surface area contributed by atoms with Gasteiger partial charge in [0.1, 0.15) is 12.2 Å². The van der Waals surface area contributed by atoms with Crippen molar-refractivity contribution in [2.24, 2.45) is 0 Å². The summed E-state index contributed by atoms with van der Waals surface area (Å²) < 4.78 is 18.2. The summed E-state index contributed by atoms with van der Waals surface area (Å²) in [7, 11) is 1.52. The van der Waals surface area contributed by atoms with Gasteiger partial charge in [-0.25, -0.2) is 4.79 Å². The zero-order chi connectivity index (χ0) is 20.1. The summed E-state index contributed by atoms with van der Waals surface area (Å²) in [5.41, 5.74) is 1.32. The lowest BCUT2D eigenvalue weighted by molar-refractivity contribution is 0.0524. The highest BCUT2D eigenvalue weighted by Gasteiger charge is 2.18. The van der Waals surface area contributed by atoms with Gasteiger partial charge in [0.05, 0.1) is 24.6 Å². The second-order valence-corrected chi connectivity index (χ2v) is 6.17. The predicted octanol–water partition coefficient (Wildman–Crippen LogP) is 3.79. The minimum Gasteiger partial charge on any atom is -0.493 e. The molecule has 0 aliphatic rings. The summed E-state index contributed by atoms with van der Waals surface area (Å²) in [6.07, 6.45) is 1.54. The van der Waals surface area contributed by atoms with Crippen molar-refractivity contribution in [3.05, 3.63) is 70.0 Å². The van der Waals surface area contributed by atoms with Crippen LogP contribution in [0.2, 0.25) is 0 Å². The van der Waals surface area contributed by atoms with E-state index in [0.29, 0.717) is 35.6 Å². The number of aromatic nitrogens is 1. The van der Waals surface area contributed by atoms with Gasteiger partial charge in [0.15, 0.2) is 11.5 Å². The van der Waals surface area contributed by atoms with E-state index < -0.39 is 5.97 Å². The monoisotopic (exact) mass is 381 g/mol. The highest BCUT2D eigenvalue weighted by molar-refractivity contribution is 5.94. The van der Waals surface area contributed by atoms with Crippen molar-refractivity contribution in [2.75, 3.05) is 13.7 Å². The van der Waals surface area contributed by atoms with Crippen molar-refractivity contribution >= 4 is 16.9 Å². The van der Waals surface area contributed by atoms with Gasteiger partial charge in [-0.3, -0.25) is 4.79 Å². The first-order valence-corrected chi connectivity index (χ1v) is 9.18. The number of esters is 1. The van der Waals surface area contributed by atoms with Crippen LogP contribution >= 0.6 is 0 Å². The summed E-state index contributed by atoms with van der Waals surface area (Å²) in [4.78, 5) is 25.0. The van der Waals surface area contributed by atoms with Gasteiger partial charge in [-0.1, -0.05) is 30.3 Å². The fraction of sp³-hybridized carbons (Fsp3) is 0.273. The minimum atomic E-state index is -0.625. The van der Waals surface area contributed by atoms with Crippen LogP contribution in [0.1, 0.15) is 29.8 Å². The van der Waals surface area contributed by atoms with Gasteiger partial charge in [0.25, 0.3) is 0 Å². The Balaban J connectivity index is 2.09. The van der Waals surface area contributed by atoms with E-state index in [9.17, 15) is 9.59 Å². The van der Waals surface area contributed by atoms with Crippen LogP contribution in [0, 0.1) is 0 Å². The van der Waals surface area contributed by atoms with Gasteiger partial charge < -0.3 is 18.8 Å². The first kappa shape index (κ1) is 19.5. The molecule has 6 heteroatoms. The molecule has 3 aromatic rings. The predicted molar refractivity (Wildman–Crippen MR) is 107 cm³/mol. The van der Waals surface area contributed by atoms with E-state index in [2.05, 4.69) is 0 Å². The van der Waals surface area contributed by atoms with E-state index in [0.717, 1.165) is 5.56 Å². The maximum atomic E-state index is 12.9. The van der Waals surface area contributed by atoms with Crippen LogP contribution in [0.5, 0.6) is 11.5 Å². The molecular weight excluding hydrogens is 358 g/mol. The molecule has 0 atom stereocenters. The Hall–Kier alpha value is -3.28. The molecule has 0 aliphatic carbocycles. The molecule has 0 spiro atoms. The number of carbonyl (C=O) groups excluding carboxylic acids is 1. The Bertz CT molecular complexity index is 1040. The Labute approximate surface area is 163 Å². The number of methoxy groups -OCH3 is 1. The average molecular weight is 381 g/mol. The Morgan fingerprint density at radius 1 is 1.07 bits per heavy atom. The van der Waals surface area contributed by atoms with E-state index in [-0.39, 0.29) is 17.6 Å².